The van der Waals surface area contributed by atoms with E-state index in [1.54, 1.807) is 24.3 Å². The molecule has 2 N–H and O–H groups in total. The zero-order valence-corrected chi connectivity index (χ0v) is 12.9. The van der Waals surface area contributed by atoms with Gasteiger partial charge in [-0.25, -0.2) is 9.37 Å². The van der Waals surface area contributed by atoms with E-state index in [1.165, 1.54) is 0 Å². The van der Waals surface area contributed by atoms with Gasteiger partial charge in [0.15, 0.2) is 11.6 Å². The lowest BCUT2D eigenvalue weighted by Crippen LogP contribution is -2.37. The molecule has 126 valence electrons. The van der Waals surface area contributed by atoms with Crippen molar-refractivity contribution in [1.82, 2.24) is 9.97 Å². The van der Waals surface area contributed by atoms with E-state index in [4.69, 9.17) is 9.84 Å². The average molecular weight is 332 g/mol. The van der Waals surface area contributed by atoms with Crippen LogP contribution in [0.25, 0.3) is 0 Å². The number of halogens is 1. The number of carboxylic acids is 1. The lowest BCUT2D eigenvalue weighted by Gasteiger charge is -2.28. The van der Waals surface area contributed by atoms with Crippen LogP contribution in [0.15, 0.2) is 30.5 Å². The van der Waals surface area contributed by atoms with Crippen molar-refractivity contribution < 1.29 is 19.0 Å². The molecular weight excluding hydrogens is 315 g/mol. The van der Waals surface area contributed by atoms with Crippen molar-refractivity contribution >= 4 is 23.4 Å². The molecule has 24 heavy (non-hydrogen) atoms. The number of aliphatic carboxylic acids is 1. The Bertz CT molecular complexity index is 735. The van der Waals surface area contributed by atoms with Gasteiger partial charge >= 0.3 is 5.97 Å². The first kappa shape index (κ1) is 16.1. The molecule has 2 heterocycles. The van der Waals surface area contributed by atoms with Gasteiger partial charge in [0.1, 0.15) is 0 Å². The molecule has 0 aliphatic carbocycles. The van der Waals surface area contributed by atoms with Gasteiger partial charge in [0.05, 0.1) is 25.8 Å². The Hall–Kier alpha value is -2.74. The van der Waals surface area contributed by atoms with Gasteiger partial charge in [-0.3, -0.25) is 4.79 Å². The maximum absolute atomic E-state index is 14.0. The molecule has 0 bridgehead atoms. The molecule has 2 aromatic rings. The summed E-state index contributed by atoms with van der Waals surface area (Å²) in [7, 11) is 0. The minimum Gasteiger partial charge on any atom is -0.481 e. The number of nitrogens with one attached hydrogen (secondary N) is 1. The second kappa shape index (κ2) is 7.22. The van der Waals surface area contributed by atoms with E-state index in [0.29, 0.717) is 37.6 Å². The van der Waals surface area contributed by atoms with Crippen molar-refractivity contribution in [1.29, 1.82) is 0 Å². The van der Waals surface area contributed by atoms with Crippen LogP contribution in [-0.2, 0) is 16.0 Å². The van der Waals surface area contributed by atoms with Crippen LogP contribution in [0.4, 0.5) is 21.8 Å². The molecule has 1 fully saturated rings. The highest BCUT2D eigenvalue weighted by atomic mass is 19.1. The number of nitrogens with zero attached hydrogens (tertiary/aromatic N) is 3. The summed E-state index contributed by atoms with van der Waals surface area (Å²) in [5.74, 6) is -0.898. The Balaban J connectivity index is 1.79. The summed E-state index contributed by atoms with van der Waals surface area (Å²) in [6, 6.07) is 6.94. The predicted octanol–water partition coefficient (Wildman–Crippen LogP) is 1.82. The number of aromatic nitrogens is 2. The van der Waals surface area contributed by atoms with Crippen LogP contribution in [-0.4, -0.2) is 47.3 Å². The summed E-state index contributed by atoms with van der Waals surface area (Å²) in [5, 5.41) is 11.8. The Morgan fingerprint density at radius 3 is 2.92 bits per heavy atom. The molecule has 1 aromatic heterocycles. The molecule has 8 heteroatoms. The summed E-state index contributed by atoms with van der Waals surface area (Å²) >= 11 is 0. The van der Waals surface area contributed by atoms with Crippen molar-refractivity contribution in [3.63, 3.8) is 0 Å². The fraction of sp³-hybridized carbons (Fsp3) is 0.312. The smallest absolute Gasteiger partial charge is 0.307 e. The van der Waals surface area contributed by atoms with Crippen molar-refractivity contribution in [2.24, 2.45) is 0 Å². The molecule has 0 spiro atoms. The van der Waals surface area contributed by atoms with Crippen LogP contribution in [0.5, 0.6) is 0 Å². The van der Waals surface area contributed by atoms with Gasteiger partial charge in [0, 0.05) is 18.8 Å². The monoisotopic (exact) mass is 332 g/mol. The van der Waals surface area contributed by atoms with Crippen LogP contribution >= 0.6 is 0 Å². The highest BCUT2D eigenvalue weighted by Crippen LogP contribution is 2.21. The molecule has 0 unspecified atom stereocenters. The van der Waals surface area contributed by atoms with Crippen LogP contribution in [0.1, 0.15) is 5.56 Å². The first-order valence-corrected chi connectivity index (χ1v) is 7.55. The quantitative estimate of drug-likeness (QED) is 0.863. The fourth-order valence-corrected chi connectivity index (χ4v) is 2.48. The molecule has 1 aromatic carbocycles. The van der Waals surface area contributed by atoms with Crippen molar-refractivity contribution in [2.45, 2.75) is 6.42 Å². The number of carbonyl (C=O) groups is 1. The van der Waals surface area contributed by atoms with Crippen molar-refractivity contribution in [2.75, 3.05) is 36.5 Å². The Kier molecular flexibility index (Phi) is 4.85. The van der Waals surface area contributed by atoms with Gasteiger partial charge in [-0.05, 0) is 17.7 Å². The van der Waals surface area contributed by atoms with E-state index >= 15 is 0 Å². The first-order chi connectivity index (χ1) is 11.6. The molecule has 1 saturated heterocycles. The molecule has 0 radical (unpaired) electrons. The summed E-state index contributed by atoms with van der Waals surface area (Å²) in [5.41, 5.74) is 1.30. The van der Waals surface area contributed by atoms with Gasteiger partial charge < -0.3 is 20.1 Å². The van der Waals surface area contributed by atoms with E-state index in [-0.39, 0.29) is 18.2 Å². The number of morpholine rings is 1. The van der Waals surface area contributed by atoms with Gasteiger partial charge in [-0.15, -0.1) is 0 Å². The van der Waals surface area contributed by atoms with E-state index in [1.807, 2.05) is 4.90 Å². The Morgan fingerprint density at radius 1 is 1.38 bits per heavy atom. The van der Waals surface area contributed by atoms with E-state index in [2.05, 4.69) is 15.3 Å². The molecule has 0 atom stereocenters. The number of carboxylic acid groups (broad SMARTS) is 1. The number of benzene rings is 1. The molecule has 0 amide bonds. The number of ether oxygens (including phenoxy) is 1. The van der Waals surface area contributed by atoms with E-state index in [0.717, 1.165) is 6.20 Å². The number of anilines is 3. The average Bonchev–Trinajstić information content (AvgIpc) is 2.57. The SMILES string of the molecule is O=C(O)Cc1cccc(Nc2ncc(F)c(N3CCOCC3)n2)c1. The van der Waals surface area contributed by atoms with E-state index < -0.39 is 11.8 Å². The summed E-state index contributed by atoms with van der Waals surface area (Å²) in [6.07, 6.45) is 1.06. The van der Waals surface area contributed by atoms with Crippen molar-refractivity contribution in [3.05, 3.63) is 41.8 Å². The standard InChI is InChI=1S/C16H17FN4O3/c17-13-10-18-16(20-15(13)21-4-6-24-7-5-21)19-12-3-1-2-11(8-12)9-14(22)23/h1-3,8,10H,4-7,9H2,(H,22,23)(H,18,19,20). The fourth-order valence-electron chi connectivity index (χ4n) is 2.48. The lowest BCUT2D eigenvalue weighted by atomic mass is 10.1. The molecule has 7 nitrogen and oxygen atoms in total. The van der Waals surface area contributed by atoms with Crippen LogP contribution in [0.2, 0.25) is 0 Å². The van der Waals surface area contributed by atoms with Crippen LogP contribution in [0, 0.1) is 5.82 Å². The molecular formula is C16H17FN4O3. The molecule has 1 aliphatic heterocycles. The number of hydrogen-bond acceptors (Lipinski definition) is 6. The Labute approximate surface area is 138 Å². The van der Waals surface area contributed by atoms with Crippen LogP contribution in [0.3, 0.4) is 0 Å². The van der Waals surface area contributed by atoms with Crippen molar-refractivity contribution in [3.8, 4) is 0 Å². The third-order valence-corrected chi connectivity index (χ3v) is 3.57. The van der Waals surface area contributed by atoms with E-state index in [9.17, 15) is 9.18 Å². The first-order valence-electron chi connectivity index (χ1n) is 7.55. The highest BCUT2D eigenvalue weighted by Gasteiger charge is 2.18. The molecule has 1 aliphatic rings. The van der Waals surface area contributed by atoms with Gasteiger partial charge in [-0.1, -0.05) is 12.1 Å². The Morgan fingerprint density at radius 2 is 2.17 bits per heavy atom. The zero-order chi connectivity index (χ0) is 16.9. The van der Waals surface area contributed by atoms with Gasteiger partial charge in [0.25, 0.3) is 0 Å². The number of hydrogen-bond donors (Lipinski definition) is 2. The number of rotatable bonds is 5. The lowest BCUT2D eigenvalue weighted by molar-refractivity contribution is -0.136. The second-order valence-corrected chi connectivity index (χ2v) is 5.36. The maximum atomic E-state index is 14.0. The molecule has 3 rings (SSSR count). The summed E-state index contributed by atoms with van der Waals surface area (Å²) in [6.45, 7) is 2.20. The van der Waals surface area contributed by atoms with Gasteiger partial charge in [0.2, 0.25) is 5.95 Å². The minimum atomic E-state index is -0.903. The third kappa shape index (κ3) is 3.96. The maximum Gasteiger partial charge on any atom is 0.307 e. The molecule has 0 saturated carbocycles. The highest BCUT2D eigenvalue weighted by molar-refractivity contribution is 5.71. The normalized spacial score (nSPS) is 14.5. The largest absolute Gasteiger partial charge is 0.481 e. The predicted molar refractivity (Wildman–Crippen MR) is 86.1 cm³/mol. The minimum absolute atomic E-state index is 0.0706. The topological polar surface area (TPSA) is 87.6 Å². The van der Waals surface area contributed by atoms with Gasteiger partial charge in [-0.2, -0.15) is 4.98 Å². The zero-order valence-electron chi connectivity index (χ0n) is 12.9. The summed E-state index contributed by atoms with van der Waals surface area (Å²) < 4.78 is 19.3. The van der Waals surface area contributed by atoms with Crippen LogP contribution < -0.4 is 10.2 Å². The third-order valence-electron chi connectivity index (χ3n) is 3.57. The second-order valence-electron chi connectivity index (χ2n) is 5.36. The summed E-state index contributed by atoms with van der Waals surface area (Å²) in [4.78, 5) is 20.8.